The molecule has 3 aromatic carbocycles. The second-order valence-electron chi connectivity index (χ2n) is 9.00. The molecule has 32 heavy (non-hydrogen) atoms. The standard InChI is InChI=1S/C27H25NO3S/c1-16-12-13-17(27(2,3)4)14-22(16)32-15-23(29)28-21-11-7-10-20-24(21)26(31)19-9-6-5-8-18(19)25(20)30/h5-14H,15H2,1-4H3,(H,28,29). The van der Waals surface area contributed by atoms with Crippen LogP contribution in [0.25, 0.3) is 0 Å². The Morgan fingerprint density at radius 3 is 2.22 bits per heavy atom. The Morgan fingerprint density at radius 1 is 0.875 bits per heavy atom. The molecule has 0 bridgehead atoms. The van der Waals surface area contributed by atoms with Gasteiger partial charge in [-0.2, -0.15) is 0 Å². The van der Waals surface area contributed by atoms with E-state index in [-0.39, 0.29) is 34.2 Å². The van der Waals surface area contributed by atoms with Crippen LogP contribution in [0, 0.1) is 6.92 Å². The van der Waals surface area contributed by atoms with Gasteiger partial charge in [0.15, 0.2) is 11.6 Å². The minimum Gasteiger partial charge on any atom is -0.325 e. The molecule has 4 rings (SSSR count). The van der Waals surface area contributed by atoms with Crippen molar-refractivity contribution in [2.45, 2.75) is 38.0 Å². The summed E-state index contributed by atoms with van der Waals surface area (Å²) in [5.41, 5.74) is 4.09. The van der Waals surface area contributed by atoms with Crippen LogP contribution in [0.5, 0.6) is 0 Å². The highest BCUT2D eigenvalue weighted by molar-refractivity contribution is 8.00. The van der Waals surface area contributed by atoms with Gasteiger partial charge in [-0.1, -0.05) is 69.3 Å². The monoisotopic (exact) mass is 443 g/mol. The van der Waals surface area contributed by atoms with E-state index in [1.54, 1.807) is 42.5 Å². The topological polar surface area (TPSA) is 63.2 Å². The Bertz CT molecular complexity index is 1250. The number of rotatable bonds is 4. The molecule has 0 heterocycles. The molecular formula is C27H25NO3S. The van der Waals surface area contributed by atoms with Crippen molar-refractivity contribution in [2.75, 3.05) is 11.1 Å². The summed E-state index contributed by atoms with van der Waals surface area (Å²) in [5, 5.41) is 2.85. The normalized spacial score (nSPS) is 12.9. The lowest BCUT2D eigenvalue weighted by Gasteiger charge is -2.21. The van der Waals surface area contributed by atoms with Crippen molar-refractivity contribution in [3.63, 3.8) is 0 Å². The molecule has 1 amide bonds. The van der Waals surface area contributed by atoms with Crippen LogP contribution in [0.3, 0.4) is 0 Å². The average Bonchev–Trinajstić information content (AvgIpc) is 2.76. The molecule has 1 N–H and O–H groups in total. The molecule has 1 aliphatic carbocycles. The molecule has 0 atom stereocenters. The first-order valence-corrected chi connectivity index (χ1v) is 11.5. The third-order valence-electron chi connectivity index (χ3n) is 5.64. The first-order chi connectivity index (χ1) is 15.2. The van der Waals surface area contributed by atoms with Gasteiger partial charge in [0.2, 0.25) is 5.91 Å². The summed E-state index contributed by atoms with van der Waals surface area (Å²) < 4.78 is 0. The number of nitrogens with one attached hydrogen (secondary N) is 1. The number of carbonyl (C=O) groups excluding carboxylic acids is 3. The van der Waals surface area contributed by atoms with Gasteiger partial charge in [-0.3, -0.25) is 14.4 Å². The fraction of sp³-hybridized carbons (Fsp3) is 0.222. The number of hydrogen-bond acceptors (Lipinski definition) is 4. The fourth-order valence-electron chi connectivity index (χ4n) is 3.80. The zero-order valence-electron chi connectivity index (χ0n) is 18.6. The Morgan fingerprint density at radius 2 is 1.53 bits per heavy atom. The minimum absolute atomic E-state index is 0.0254. The summed E-state index contributed by atoms with van der Waals surface area (Å²) >= 11 is 1.47. The molecule has 0 spiro atoms. The molecule has 5 heteroatoms. The highest BCUT2D eigenvalue weighted by atomic mass is 32.2. The van der Waals surface area contributed by atoms with E-state index in [1.165, 1.54) is 17.3 Å². The number of amides is 1. The van der Waals surface area contributed by atoms with E-state index < -0.39 is 0 Å². The van der Waals surface area contributed by atoms with Crippen LogP contribution >= 0.6 is 11.8 Å². The van der Waals surface area contributed by atoms with Crippen molar-refractivity contribution in [3.8, 4) is 0 Å². The Balaban J connectivity index is 1.55. The van der Waals surface area contributed by atoms with E-state index in [0.29, 0.717) is 22.4 Å². The van der Waals surface area contributed by atoms with Crippen molar-refractivity contribution in [1.29, 1.82) is 0 Å². The van der Waals surface area contributed by atoms with Crippen LogP contribution in [0.4, 0.5) is 5.69 Å². The van der Waals surface area contributed by atoms with E-state index in [0.717, 1.165) is 10.5 Å². The average molecular weight is 444 g/mol. The number of aryl methyl sites for hydroxylation is 1. The van der Waals surface area contributed by atoms with E-state index in [9.17, 15) is 14.4 Å². The zero-order valence-corrected chi connectivity index (χ0v) is 19.4. The van der Waals surface area contributed by atoms with Crippen molar-refractivity contribution in [2.24, 2.45) is 0 Å². The van der Waals surface area contributed by atoms with Crippen molar-refractivity contribution in [1.82, 2.24) is 0 Å². The molecule has 0 saturated carbocycles. The molecule has 0 fully saturated rings. The van der Waals surface area contributed by atoms with Crippen molar-refractivity contribution >= 4 is 34.9 Å². The SMILES string of the molecule is Cc1ccc(C(C)(C)C)cc1SCC(=O)Nc1cccc2c1C(=O)c1ccccc1C2=O. The van der Waals surface area contributed by atoms with Crippen LogP contribution in [0.15, 0.2) is 65.6 Å². The van der Waals surface area contributed by atoms with E-state index in [4.69, 9.17) is 0 Å². The summed E-state index contributed by atoms with van der Waals surface area (Å²) in [4.78, 5) is 39.8. The van der Waals surface area contributed by atoms with E-state index in [1.807, 2.05) is 6.92 Å². The molecule has 162 valence electrons. The minimum atomic E-state index is -0.243. The number of ketones is 2. The van der Waals surface area contributed by atoms with E-state index in [2.05, 4.69) is 44.3 Å². The van der Waals surface area contributed by atoms with Crippen LogP contribution in [-0.2, 0) is 10.2 Å². The van der Waals surface area contributed by atoms with Gasteiger partial charge >= 0.3 is 0 Å². The highest BCUT2D eigenvalue weighted by Crippen LogP contribution is 2.33. The van der Waals surface area contributed by atoms with Gasteiger partial charge in [0.1, 0.15) is 0 Å². The number of hydrogen-bond donors (Lipinski definition) is 1. The highest BCUT2D eigenvalue weighted by Gasteiger charge is 2.31. The second kappa shape index (κ2) is 8.40. The molecule has 0 aromatic heterocycles. The van der Waals surface area contributed by atoms with Gasteiger partial charge in [0.05, 0.1) is 17.0 Å². The van der Waals surface area contributed by atoms with Gasteiger partial charge in [0, 0.05) is 21.6 Å². The van der Waals surface area contributed by atoms with Crippen molar-refractivity contribution < 1.29 is 14.4 Å². The number of fused-ring (bicyclic) bond motifs is 2. The quantitative estimate of drug-likeness (QED) is 0.405. The summed E-state index contributed by atoms with van der Waals surface area (Å²) in [6.07, 6.45) is 0. The van der Waals surface area contributed by atoms with Gasteiger partial charge in [-0.15, -0.1) is 11.8 Å². The largest absolute Gasteiger partial charge is 0.325 e. The number of carbonyl (C=O) groups is 3. The summed E-state index contributed by atoms with van der Waals surface area (Å²) in [6.45, 7) is 8.51. The maximum absolute atomic E-state index is 13.1. The van der Waals surface area contributed by atoms with Gasteiger partial charge in [0.25, 0.3) is 0 Å². The number of thioether (sulfide) groups is 1. The molecular weight excluding hydrogens is 418 g/mol. The molecule has 3 aromatic rings. The van der Waals surface area contributed by atoms with Crippen LogP contribution in [0.2, 0.25) is 0 Å². The Hall–Kier alpha value is -3.18. The maximum atomic E-state index is 13.1. The Labute approximate surface area is 192 Å². The fourth-order valence-corrected chi connectivity index (χ4v) is 4.67. The molecule has 0 radical (unpaired) electrons. The lowest BCUT2D eigenvalue weighted by Crippen LogP contribution is -2.24. The van der Waals surface area contributed by atoms with Crippen LogP contribution < -0.4 is 5.32 Å². The second-order valence-corrected chi connectivity index (χ2v) is 10.0. The summed E-state index contributed by atoms with van der Waals surface area (Å²) in [7, 11) is 0. The van der Waals surface area contributed by atoms with Crippen LogP contribution in [0.1, 0.15) is 63.7 Å². The van der Waals surface area contributed by atoms with Gasteiger partial charge < -0.3 is 5.32 Å². The smallest absolute Gasteiger partial charge is 0.234 e. The van der Waals surface area contributed by atoms with Gasteiger partial charge in [-0.05, 0) is 35.6 Å². The van der Waals surface area contributed by atoms with E-state index >= 15 is 0 Å². The molecule has 0 unspecified atom stereocenters. The lowest BCUT2D eigenvalue weighted by molar-refractivity contribution is -0.113. The molecule has 1 aliphatic rings. The lowest BCUT2D eigenvalue weighted by atomic mass is 9.83. The zero-order chi connectivity index (χ0) is 23.0. The maximum Gasteiger partial charge on any atom is 0.234 e. The third kappa shape index (κ3) is 4.13. The first-order valence-electron chi connectivity index (χ1n) is 10.5. The third-order valence-corrected chi connectivity index (χ3v) is 6.80. The number of benzene rings is 3. The van der Waals surface area contributed by atoms with Crippen molar-refractivity contribution in [3.05, 3.63) is 94.0 Å². The molecule has 0 saturated heterocycles. The van der Waals surface area contributed by atoms with Gasteiger partial charge in [-0.25, -0.2) is 0 Å². The summed E-state index contributed by atoms with van der Waals surface area (Å²) in [6, 6.07) is 18.1. The number of anilines is 1. The summed E-state index contributed by atoms with van der Waals surface area (Å²) in [5.74, 6) is -0.456. The molecule has 0 aliphatic heterocycles. The predicted octanol–water partition coefficient (Wildman–Crippen LogP) is 5.80. The molecule has 4 nitrogen and oxygen atoms in total. The van der Waals surface area contributed by atoms with Crippen LogP contribution in [-0.4, -0.2) is 23.2 Å². The Kier molecular flexibility index (Phi) is 5.78. The predicted molar refractivity (Wildman–Crippen MR) is 129 cm³/mol. The first kappa shape index (κ1) is 22.0.